The molecule has 2 saturated heterocycles. The molecule has 1 aromatic rings. The fourth-order valence-corrected chi connectivity index (χ4v) is 3.80. The molecule has 1 unspecified atom stereocenters. The number of nitrogens with two attached hydrogens (primary N) is 1. The first kappa shape index (κ1) is 13.2. The molecule has 1 aromatic carbocycles. The Hall–Kier alpha value is -0.770. The molecule has 0 radical (unpaired) electrons. The Bertz CT molecular complexity index is 449. The minimum atomic E-state index is 0.556. The van der Waals surface area contributed by atoms with E-state index in [1.807, 2.05) is 12.1 Å². The fourth-order valence-electron chi connectivity index (χ4n) is 3.49. The highest BCUT2D eigenvalue weighted by molar-refractivity contribution is 6.33. The Balaban J connectivity index is 1.88. The smallest absolute Gasteiger partial charge is 0.0642 e. The number of nitrogens with zero attached hydrogens (tertiary/aromatic N) is 2. The van der Waals surface area contributed by atoms with E-state index in [0.717, 1.165) is 18.1 Å². The molecule has 2 N–H and O–H groups in total. The molecular formula is C15H22ClN3. The number of hydrogen-bond donors (Lipinski definition) is 1. The van der Waals surface area contributed by atoms with Crippen LogP contribution < -0.4 is 10.6 Å². The van der Waals surface area contributed by atoms with Gasteiger partial charge in [0.25, 0.3) is 0 Å². The van der Waals surface area contributed by atoms with Crippen LogP contribution in [-0.2, 0) is 6.54 Å². The minimum Gasteiger partial charge on any atom is -0.368 e. The Morgan fingerprint density at radius 2 is 2.05 bits per heavy atom. The molecule has 4 heteroatoms. The molecule has 2 aliphatic heterocycles. The van der Waals surface area contributed by atoms with Gasteiger partial charge in [-0.25, -0.2) is 0 Å². The summed E-state index contributed by atoms with van der Waals surface area (Å²) in [6.07, 6.45) is 3.87. The summed E-state index contributed by atoms with van der Waals surface area (Å²) in [6, 6.07) is 6.77. The van der Waals surface area contributed by atoms with Gasteiger partial charge in [0.1, 0.15) is 0 Å². The number of halogens is 1. The molecule has 0 bridgehead atoms. The van der Waals surface area contributed by atoms with Gasteiger partial charge in [0.05, 0.1) is 10.7 Å². The molecule has 1 atom stereocenters. The second-order valence-electron chi connectivity index (χ2n) is 5.58. The maximum Gasteiger partial charge on any atom is 0.0642 e. The second kappa shape index (κ2) is 5.70. The van der Waals surface area contributed by atoms with Crippen molar-refractivity contribution in [2.24, 2.45) is 5.73 Å². The summed E-state index contributed by atoms with van der Waals surface area (Å²) in [5, 5.41) is 0.842. The summed E-state index contributed by atoms with van der Waals surface area (Å²) in [7, 11) is 0. The number of fused-ring (bicyclic) bond motifs is 1. The average molecular weight is 280 g/mol. The van der Waals surface area contributed by atoms with Crippen LogP contribution in [0.3, 0.4) is 0 Å². The summed E-state index contributed by atoms with van der Waals surface area (Å²) < 4.78 is 0. The zero-order valence-electron chi connectivity index (χ0n) is 11.3. The van der Waals surface area contributed by atoms with Gasteiger partial charge in [-0.2, -0.15) is 0 Å². The molecule has 0 aliphatic carbocycles. The second-order valence-corrected chi connectivity index (χ2v) is 5.99. The predicted molar refractivity (Wildman–Crippen MR) is 80.8 cm³/mol. The van der Waals surface area contributed by atoms with Gasteiger partial charge in [-0.05, 0) is 37.4 Å². The first-order valence-electron chi connectivity index (χ1n) is 7.26. The van der Waals surface area contributed by atoms with Gasteiger partial charge < -0.3 is 10.6 Å². The van der Waals surface area contributed by atoms with Gasteiger partial charge in [0.15, 0.2) is 0 Å². The van der Waals surface area contributed by atoms with E-state index >= 15 is 0 Å². The van der Waals surface area contributed by atoms with E-state index in [2.05, 4.69) is 15.9 Å². The Morgan fingerprint density at radius 1 is 1.21 bits per heavy atom. The van der Waals surface area contributed by atoms with E-state index in [0.29, 0.717) is 12.6 Å². The van der Waals surface area contributed by atoms with E-state index in [-0.39, 0.29) is 0 Å². The topological polar surface area (TPSA) is 32.5 Å². The first-order valence-corrected chi connectivity index (χ1v) is 7.64. The quantitative estimate of drug-likeness (QED) is 0.903. The van der Waals surface area contributed by atoms with E-state index in [1.165, 1.54) is 43.6 Å². The van der Waals surface area contributed by atoms with Gasteiger partial charge in [-0.3, -0.25) is 4.90 Å². The number of benzene rings is 1. The van der Waals surface area contributed by atoms with Crippen molar-refractivity contribution in [3.05, 3.63) is 28.8 Å². The highest BCUT2D eigenvalue weighted by Crippen LogP contribution is 2.32. The van der Waals surface area contributed by atoms with E-state index in [4.69, 9.17) is 17.3 Å². The highest BCUT2D eigenvalue weighted by atomic mass is 35.5. The Kier molecular flexibility index (Phi) is 3.96. The minimum absolute atomic E-state index is 0.556. The third-order valence-corrected chi connectivity index (χ3v) is 4.72. The van der Waals surface area contributed by atoms with Gasteiger partial charge >= 0.3 is 0 Å². The standard InChI is InChI=1S/C15H22ClN3/c16-14-6-1-4-12(10-17)15(14)19-9-3-8-18-7-2-5-13(18)11-19/h1,4,6,13H,2-3,5,7-11,17H2. The van der Waals surface area contributed by atoms with E-state index in [9.17, 15) is 0 Å². The van der Waals surface area contributed by atoms with Crippen LogP contribution in [-0.4, -0.2) is 37.1 Å². The van der Waals surface area contributed by atoms with Crippen LogP contribution in [0.5, 0.6) is 0 Å². The number of anilines is 1. The lowest BCUT2D eigenvalue weighted by atomic mass is 10.1. The van der Waals surface area contributed by atoms with Crippen LogP contribution in [0, 0.1) is 0 Å². The maximum absolute atomic E-state index is 6.43. The molecule has 3 nitrogen and oxygen atoms in total. The third kappa shape index (κ3) is 2.60. The maximum atomic E-state index is 6.43. The molecule has 0 aromatic heterocycles. The summed E-state index contributed by atoms with van der Waals surface area (Å²) >= 11 is 6.43. The fraction of sp³-hybridized carbons (Fsp3) is 0.600. The van der Waals surface area contributed by atoms with Crippen LogP contribution in [0.1, 0.15) is 24.8 Å². The van der Waals surface area contributed by atoms with Crippen molar-refractivity contribution in [3.8, 4) is 0 Å². The summed E-state index contributed by atoms with van der Waals surface area (Å²) in [6.45, 7) is 5.23. The molecule has 0 saturated carbocycles. The van der Waals surface area contributed by atoms with Crippen molar-refractivity contribution in [1.29, 1.82) is 0 Å². The molecule has 2 aliphatic rings. The van der Waals surface area contributed by atoms with Gasteiger partial charge in [-0.1, -0.05) is 23.7 Å². The normalized spacial score (nSPS) is 24.3. The number of hydrogen-bond acceptors (Lipinski definition) is 3. The number of para-hydroxylation sites is 1. The summed E-state index contributed by atoms with van der Waals surface area (Å²) in [4.78, 5) is 5.10. The molecule has 0 amide bonds. The van der Waals surface area contributed by atoms with Crippen LogP contribution in [0.15, 0.2) is 18.2 Å². The SMILES string of the molecule is NCc1cccc(Cl)c1N1CCCN2CCCC2C1. The van der Waals surface area contributed by atoms with Crippen molar-refractivity contribution in [3.63, 3.8) is 0 Å². The molecule has 104 valence electrons. The van der Waals surface area contributed by atoms with E-state index < -0.39 is 0 Å². The highest BCUT2D eigenvalue weighted by Gasteiger charge is 2.29. The molecule has 2 heterocycles. The lowest BCUT2D eigenvalue weighted by molar-refractivity contribution is 0.273. The summed E-state index contributed by atoms with van der Waals surface area (Å²) in [5.41, 5.74) is 8.21. The van der Waals surface area contributed by atoms with Crippen molar-refractivity contribution in [1.82, 2.24) is 4.90 Å². The Labute approximate surface area is 120 Å². The zero-order chi connectivity index (χ0) is 13.2. The first-order chi connectivity index (χ1) is 9.29. The summed E-state index contributed by atoms with van der Waals surface area (Å²) in [5.74, 6) is 0. The van der Waals surface area contributed by atoms with Crippen LogP contribution in [0.4, 0.5) is 5.69 Å². The van der Waals surface area contributed by atoms with Gasteiger partial charge in [0, 0.05) is 32.2 Å². The predicted octanol–water partition coefficient (Wildman–Crippen LogP) is 2.47. The number of rotatable bonds is 2. The lowest BCUT2D eigenvalue weighted by Crippen LogP contribution is -2.37. The van der Waals surface area contributed by atoms with Gasteiger partial charge in [0.2, 0.25) is 0 Å². The van der Waals surface area contributed by atoms with Crippen molar-refractivity contribution in [2.45, 2.75) is 31.8 Å². The van der Waals surface area contributed by atoms with Gasteiger partial charge in [-0.15, -0.1) is 0 Å². The lowest BCUT2D eigenvalue weighted by Gasteiger charge is -2.29. The van der Waals surface area contributed by atoms with Crippen molar-refractivity contribution in [2.75, 3.05) is 31.1 Å². The molecule has 19 heavy (non-hydrogen) atoms. The third-order valence-electron chi connectivity index (χ3n) is 4.41. The molecular weight excluding hydrogens is 258 g/mol. The van der Waals surface area contributed by atoms with Crippen LogP contribution in [0.2, 0.25) is 5.02 Å². The largest absolute Gasteiger partial charge is 0.368 e. The molecule has 2 fully saturated rings. The zero-order valence-corrected chi connectivity index (χ0v) is 12.1. The monoisotopic (exact) mass is 279 g/mol. The van der Waals surface area contributed by atoms with Crippen molar-refractivity contribution < 1.29 is 0 Å². The van der Waals surface area contributed by atoms with E-state index in [1.54, 1.807) is 0 Å². The van der Waals surface area contributed by atoms with Crippen molar-refractivity contribution >= 4 is 17.3 Å². The Morgan fingerprint density at radius 3 is 2.89 bits per heavy atom. The van der Waals surface area contributed by atoms with Crippen LogP contribution >= 0.6 is 11.6 Å². The average Bonchev–Trinajstić information content (AvgIpc) is 2.76. The molecule has 0 spiro atoms. The molecule has 3 rings (SSSR count). The van der Waals surface area contributed by atoms with Crippen LogP contribution in [0.25, 0.3) is 0 Å².